The molecule has 1 fully saturated rings. The Morgan fingerprint density at radius 3 is 2.67 bits per heavy atom. The van der Waals surface area contributed by atoms with E-state index in [1.807, 2.05) is 13.0 Å². The average molecular weight is 408 g/mol. The topological polar surface area (TPSA) is 38.8 Å². The Morgan fingerprint density at radius 1 is 1.13 bits per heavy atom. The van der Waals surface area contributed by atoms with Crippen molar-refractivity contribution >= 4 is 17.6 Å². The third-order valence-electron chi connectivity index (χ3n) is 5.57. The Bertz CT molecular complexity index is 831. The van der Waals surface area contributed by atoms with Gasteiger partial charge < -0.3 is 14.4 Å². The van der Waals surface area contributed by atoms with E-state index in [1.54, 1.807) is 0 Å². The smallest absolute Gasteiger partial charge is 0.310 e. The molecule has 1 saturated heterocycles. The zero-order valence-electron chi connectivity index (χ0n) is 18.2. The van der Waals surface area contributed by atoms with Crippen molar-refractivity contribution in [3.05, 3.63) is 71.3 Å². The molecule has 2 aromatic carbocycles. The van der Waals surface area contributed by atoms with Gasteiger partial charge >= 0.3 is 5.97 Å². The predicted molar refractivity (Wildman–Crippen MR) is 122 cm³/mol. The zero-order chi connectivity index (χ0) is 21.2. The monoisotopic (exact) mass is 407 g/mol. The van der Waals surface area contributed by atoms with Crippen LogP contribution in [0.4, 0.5) is 0 Å². The lowest BCUT2D eigenvalue weighted by atomic mass is 9.98. The Balaban J connectivity index is 1.57. The van der Waals surface area contributed by atoms with Gasteiger partial charge in [0.25, 0.3) is 0 Å². The molecule has 0 spiro atoms. The lowest BCUT2D eigenvalue weighted by Gasteiger charge is -2.31. The maximum absolute atomic E-state index is 12.0. The standard InChI is InChI=1S/C26H33NO3/c1-3-30-26(28)23-13-9-15-27(19-23)16-17-29-20-24(18-22-11-5-4-6-12-22)25-14-8-7-10-21(25)2/h4-8,10-12,14,18,23H,3,9,13,15-17,19-20H2,1-2H3/b24-18-/t23-/m1/s1. The summed E-state index contributed by atoms with van der Waals surface area (Å²) in [5.41, 5.74) is 4.83. The summed E-state index contributed by atoms with van der Waals surface area (Å²) in [6.07, 6.45) is 4.17. The van der Waals surface area contributed by atoms with E-state index in [2.05, 4.69) is 66.4 Å². The van der Waals surface area contributed by atoms with Gasteiger partial charge in [0.1, 0.15) is 0 Å². The van der Waals surface area contributed by atoms with Crippen molar-refractivity contribution in [1.29, 1.82) is 0 Å². The summed E-state index contributed by atoms with van der Waals surface area (Å²) >= 11 is 0. The van der Waals surface area contributed by atoms with Crippen LogP contribution in [0.5, 0.6) is 0 Å². The van der Waals surface area contributed by atoms with Crippen molar-refractivity contribution in [2.75, 3.05) is 39.5 Å². The van der Waals surface area contributed by atoms with Gasteiger partial charge in [-0.25, -0.2) is 0 Å². The number of likely N-dealkylation sites (tertiary alicyclic amines) is 1. The normalized spacial score (nSPS) is 17.7. The Morgan fingerprint density at radius 2 is 1.90 bits per heavy atom. The lowest BCUT2D eigenvalue weighted by Crippen LogP contribution is -2.40. The number of carbonyl (C=O) groups excluding carboxylic acids is 1. The van der Waals surface area contributed by atoms with E-state index in [1.165, 1.54) is 22.3 Å². The molecule has 4 heteroatoms. The SMILES string of the molecule is CCOC(=O)[C@@H]1CCCN(CCOC/C(=C/c2ccccc2)c2ccccc2C)C1. The van der Waals surface area contributed by atoms with Crippen LogP contribution in [0, 0.1) is 12.8 Å². The molecule has 4 nitrogen and oxygen atoms in total. The van der Waals surface area contributed by atoms with Crippen LogP contribution in [0.15, 0.2) is 54.6 Å². The van der Waals surface area contributed by atoms with Crippen molar-refractivity contribution in [3.8, 4) is 0 Å². The minimum atomic E-state index is -0.0595. The minimum Gasteiger partial charge on any atom is -0.466 e. The van der Waals surface area contributed by atoms with E-state index >= 15 is 0 Å². The molecule has 0 unspecified atom stereocenters. The fourth-order valence-electron chi connectivity index (χ4n) is 3.97. The number of rotatable bonds is 9. The molecular formula is C26H33NO3. The van der Waals surface area contributed by atoms with Gasteiger partial charge in [-0.05, 0) is 61.6 Å². The van der Waals surface area contributed by atoms with Crippen molar-refractivity contribution in [3.63, 3.8) is 0 Å². The molecule has 0 radical (unpaired) electrons. The van der Waals surface area contributed by atoms with Crippen LogP contribution < -0.4 is 0 Å². The second-order valence-electron chi connectivity index (χ2n) is 7.84. The Hall–Kier alpha value is -2.43. The number of carbonyl (C=O) groups is 1. The quantitative estimate of drug-likeness (QED) is 0.339. The van der Waals surface area contributed by atoms with E-state index < -0.39 is 0 Å². The molecule has 0 aromatic heterocycles. The molecule has 0 saturated carbocycles. The molecule has 1 aliphatic heterocycles. The third-order valence-corrected chi connectivity index (χ3v) is 5.57. The summed E-state index contributed by atoms with van der Waals surface area (Å²) < 4.78 is 11.3. The number of piperidine rings is 1. The van der Waals surface area contributed by atoms with Crippen molar-refractivity contribution in [2.45, 2.75) is 26.7 Å². The number of benzene rings is 2. The molecule has 30 heavy (non-hydrogen) atoms. The highest BCUT2D eigenvalue weighted by atomic mass is 16.5. The third kappa shape index (κ3) is 6.54. The van der Waals surface area contributed by atoms with E-state index in [-0.39, 0.29) is 11.9 Å². The second kappa shape index (κ2) is 11.7. The Kier molecular flexibility index (Phi) is 8.66. The highest BCUT2D eigenvalue weighted by Crippen LogP contribution is 2.22. The predicted octanol–water partition coefficient (Wildman–Crippen LogP) is 4.83. The van der Waals surface area contributed by atoms with Crippen LogP contribution in [0.2, 0.25) is 0 Å². The summed E-state index contributed by atoms with van der Waals surface area (Å²) in [5, 5.41) is 0. The van der Waals surface area contributed by atoms with Gasteiger partial charge in [-0.15, -0.1) is 0 Å². The van der Waals surface area contributed by atoms with Gasteiger partial charge in [-0.1, -0.05) is 54.6 Å². The fourth-order valence-corrected chi connectivity index (χ4v) is 3.97. The number of nitrogens with zero attached hydrogens (tertiary/aromatic N) is 1. The Labute approximate surface area is 180 Å². The molecule has 2 aromatic rings. The first-order valence-corrected chi connectivity index (χ1v) is 11.0. The summed E-state index contributed by atoms with van der Waals surface area (Å²) in [6.45, 7) is 8.29. The van der Waals surface area contributed by atoms with E-state index in [9.17, 15) is 4.79 Å². The molecule has 0 aliphatic carbocycles. The number of esters is 1. The number of aryl methyl sites for hydroxylation is 1. The molecule has 160 valence electrons. The highest BCUT2D eigenvalue weighted by Gasteiger charge is 2.26. The van der Waals surface area contributed by atoms with Gasteiger partial charge in [-0.2, -0.15) is 0 Å². The average Bonchev–Trinajstić information content (AvgIpc) is 2.77. The highest BCUT2D eigenvalue weighted by molar-refractivity contribution is 5.83. The number of hydrogen-bond donors (Lipinski definition) is 0. The summed E-state index contributed by atoms with van der Waals surface area (Å²) in [7, 11) is 0. The molecule has 0 N–H and O–H groups in total. The van der Waals surface area contributed by atoms with Crippen LogP contribution >= 0.6 is 0 Å². The van der Waals surface area contributed by atoms with Crippen molar-refractivity contribution in [2.24, 2.45) is 5.92 Å². The van der Waals surface area contributed by atoms with E-state index in [4.69, 9.17) is 9.47 Å². The molecule has 1 heterocycles. The van der Waals surface area contributed by atoms with E-state index in [0.717, 1.165) is 32.5 Å². The lowest BCUT2D eigenvalue weighted by molar-refractivity contribution is -0.150. The van der Waals surface area contributed by atoms with Gasteiger partial charge in [0.05, 0.1) is 25.7 Å². The van der Waals surface area contributed by atoms with Gasteiger partial charge in [0, 0.05) is 13.1 Å². The molecule has 1 atom stereocenters. The molecule has 1 aliphatic rings. The summed E-state index contributed by atoms with van der Waals surface area (Å²) in [5.74, 6) is -0.0602. The first-order chi connectivity index (χ1) is 14.7. The van der Waals surface area contributed by atoms with Crippen LogP contribution in [0.3, 0.4) is 0 Å². The van der Waals surface area contributed by atoms with Gasteiger partial charge in [0.15, 0.2) is 0 Å². The summed E-state index contributed by atoms with van der Waals surface area (Å²) in [6, 6.07) is 18.8. The van der Waals surface area contributed by atoms with Crippen LogP contribution in [-0.4, -0.2) is 50.3 Å². The number of ether oxygens (including phenoxy) is 2. The summed E-state index contributed by atoms with van der Waals surface area (Å²) in [4.78, 5) is 14.4. The maximum Gasteiger partial charge on any atom is 0.310 e. The van der Waals surface area contributed by atoms with E-state index in [0.29, 0.717) is 19.8 Å². The van der Waals surface area contributed by atoms with Crippen LogP contribution in [0.1, 0.15) is 36.5 Å². The molecule has 3 rings (SSSR count). The zero-order valence-corrected chi connectivity index (χ0v) is 18.2. The molecule has 0 bridgehead atoms. The van der Waals surface area contributed by atoms with Crippen molar-refractivity contribution < 1.29 is 14.3 Å². The number of hydrogen-bond acceptors (Lipinski definition) is 4. The van der Waals surface area contributed by atoms with Crippen LogP contribution in [0.25, 0.3) is 11.6 Å². The van der Waals surface area contributed by atoms with Crippen molar-refractivity contribution in [1.82, 2.24) is 4.90 Å². The first kappa shape index (κ1) is 22.3. The minimum absolute atomic E-state index is 0.000735. The van der Waals surface area contributed by atoms with Gasteiger partial charge in [0.2, 0.25) is 0 Å². The fraction of sp³-hybridized carbons (Fsp3) is 0.423. The largest absolute Gasteiger partial charge is 0.466 e. The van der Waals surface area contributed by atoms with Gasteiger partial charge in [-0.3, -0.25) is 4.79 Å². The maximum atomic E-state index is 12.0. The first-order valence-electron chi connectivity index (χ1n) is 11.0. The molecule has 0 amide bonds. The second-order valence-corrected chi connectivity index (χ2v) is 7.84. The van der Waals surface area contributed by atoms with Crippen LogP contribution in [-0.2, 0) is 14.3 Å². The molecular weight excluding hydrogens is 374 g/mol.